The van der Waals surface area contributed by atoms with Crippen LogP contribution in [0, 0.1) is 0 Å². The summed E-state index contributed by atoms with van der Waals surface area (Å²) in [6.45, 7) is 2.46. The van der Waals surface area contributed by atoms with Gasteiger partial charge in [0.05, 0.1) is 23.4 Å². The third-order valence-corrected chi connectivity index (χ3v) is 4.30. The van der Waals surface area contributed by atoms with Gasteiger partial charge >= 0.3 is 6.03 Å². The van der Waals surface area contributed by atoms with Gasteiger partial charge in [-0.1, -0.05) is 37.3 Å². The average Bonchev–Trinajstić information content (AvgIpc) is 3.01. The molecule has 0 radical (unpaired) electrons. The molecule has 0 fully saturated rings. The molecule has 0 aliphatic heterocycles. The van der Waals surface area contributed by atoms with Crippen LogP contribution >= 0.6 is 11.3 Å². The van der Waals surface area contributed by atoms with Crippen molar-refractivity contribution < 1.29 is 9.90 Å². The first-order valence-corrected chi connectivity index (χ1v) is 8.24. The summed E-state index contributed by atoms with van der Waals surface area (Å²) in [6, 6.07) is 8.74. The largest absolute Gasteiger partial charge is 0.394 e. The lowest BCUT2D eigenvalue weighted by atomic mass is 10.1. The number of aromatic nitrogens is 1. The van der Waals surface area contributed by atoms with Crippen LogP contribution in [0.4, 0.5) is 4.79 Å². The van der Waals surface area contributed by atoms with E-state index in [-0.39, 0.29) is 12.6 Å². The Morgan fingerprint density at radius 2 is 2.14 bits per heavy atom. The normalized spacial score (nSPS) is 11.9. The molecule has 2 rings (SSSR count). The van der Waals surface area contributed by atoms with Crippen molar-refractivity contribution >= 4 is 17.4 Å². The summed E-state index contributed by atoms with van der Waals surface area (Å²) in [4.78, 5) is 16.3. The van der Waals surface area contributed by atoms with Crippen molar-refractivity contribution in [3.05, 3.63) is 52.0 Å². The molecule has 0 spiro atoms. The van der Waals surface area contributed by atoms with Crippen molar-refractivity contribution in [2.45, 2.75) is 25.8 Å². The Hall–Kier alpha value is -1.92. The van der Waals surface area contributed by atoms with Crippen molar-refractivity contribution in [3.63, 3.8) is 0 Å². The summed E-state index contributed by atoms with van der Waals surface area (Å²) in [6.07, 6.45) is 1.65. The number of carbonyl (C=O) groups excluding carboxylic acids is 1. The molecule has 3 N–H and O–H groups in total. The van der Waals surface area contributed by atoms with E-state index in [0.717, 1.165) is 22.7 Å². The van der Waals surface area contributed by atoms with Gasteiger partial charge in [-0.05, 0) is 12.0 Å². The van der Waals surface area contributed by atoms with Crippen molar-refractivity contribution in [1.29, 1.82) is 0 Å². The third-order valence-electron chi connectivity index (χ3n) is 3.26. The van der Waals surface area contributed by atoms with E-state index < -0.39 is 6.04 Å². The average molecular weight is 319 g/mol. The second-order valence-corrected chi connectivity index (χ2v) is 5.82. The molecular formula is C16H21N3O2S. The summed E-state index contributed by atoms with van der Waals surface area (Å²) >= 11 is 1.65. The van der Waals surface area contributed by atoms with Crippen LogP contribution in [0.5, 0.6) is 0 Å². The predicted octanol–water partition coefficient (Wildman–Crippen LogP) is 2.28. The highest BCUT2D eigenvalue weighted by molar-refractivity contribution is 7.09. The minimum atomic E-state index is -0.396. The van der Waals surface area contributed by atoms with Gasteiger partial charge in [0, 0.05) is 18.3 Å². The quantitative estimate of drug-likeness (QED) is 0.733. The van der Waals surface area contributed by atoms with Crippen molar-refractivity contribution in [3.8, 4) is 0 Å². The fourth-order valence-corrected chi connectivity index (χ4v) is 2.84. The Bertz CT molecular complexity index is 586. The van der Waals surface area contributed by atoms with Crippen LogP contribution in [0.2, 0.25) is 0 Å². The molecule has 22 heavy (non-hydrogen) atoms. The van der Waals surface area contributed by atoms with Gasteiger partial charge in [0.15, 0.2) is 0 Å². The first-order chi connectivity index (χ1) is 10.7. The maximum Gasteiger partial charge on any atom is 0.315 e. The maximum absolute atomic E-state index is 11.9. The van der Waals surface area contributed by atoms with Crippen LogP contribution in [-0.2, 0) is 12.8 Å². The SMILES string of the molecule is CCc1nc(CCNC(=O)NC(CO)c2ccccc2)cs1. The number of nitrogens with zero attached hydrogens (tertiary/aromatic N) is 1. The second kappa shape index (κ2) is 8.51. The molecule has 1 atom stereocenters. The third kappa shape index (κ3) is 4.82. The summed E-state index contributed by atoms with van der Waals surface area (Å²) in [7, 11) is 0. The predicted molar refractivity (Wildman–Crippen MR) is 88.0 cm³/mol. The summed E-state index contributed by atoms with van der Waals surface area (Å²) < 4.78 is 0. The van der Waals surface area contributed by atoms with E-state index in [1.54, 1.807) is 11.3 Å². The molecule has 2 aromatic rings. The Morgan fingerprint density at radius 3 is 2.77 bits per heavy atom. The number of thiazole rings is 1. The van der Waals surface area contributed by atoms with Gasteiger partial charge in [-0.2, -0.15) is 0 Å². The van der Waals surface area contributed by atoms with Crippen molar-refractivity contribution in [1.82, 2.24) is 15.6 Å². The highest BCUT2D eigenvalue weighted by Gasteiger charge is 2.12. The van der Waals surface area contributed by atoms with Crippen LogP contribution in [-0.4, -0.2) is 29.3 Å². The zero-order valence-electron chi connectivity index (χ0n) is 12.6. The molecule has 0 bridgehead atoms. The molecule has 0 saturated heterocycles. The number of rotatable bonds is 7. The second-order valence-electron chi connectivity index (χ2n) is 4.88. The zero-order valence-corrected chi connectivity index (χ0v) is 13.4. The molecule has 6 heteroatoms. The van der Waals surface area contributed by atoms with Gasteiger partial charge < -0.3 is 15.7 Å². The molecule has 1 aromatic heterocycles. The van der Waals surface area contributed by atoms with Crippen LogP contribution < -0.4 is 10.6 Å². The number of hydrogen-bond acceptors (Lipinski definition) is 4. The van der Waals surface area contributed by atoms with E-state index in [4.69, 9.17) is 0 Å². The molecule has 2 amide bonds. The van der Waals surface area contributed by atoms with E-state index in [1.807, 2.05) is 35.7 Å². The van der Waals surface area contributed by atoms with Gasteiger partial charge in [0.2, 0.25) is 0 Å². The zero-order chi connectivity index (χ0) is 15.8. The van der Waals surface area contributed by atoms with Gasteiger partial charge in [-0.25, -0.2) is 9.78 Å². The molecule has 118 valence electrons. The number of carbonyl (C=O) groups is 1. The fourth-order valence-electron chi connectivity index (χ4n) is 2.06. The molecule has 5 nitrogen and oxygen atoms in total. The summed E-state index contributed by atoms with van der Waals surface area (Å²) in [5.41, 5.74) is 1.89. The minimum absolute atomic E-state index is 0.136. The maximum atomic E-state index is 11.9. The van der Waals surface area contributed by atoms with Gasteiger partial charge in [0.25, 0.3) is 0 Å². The number of aliphatic hydroxyl groups is 1. The van der Waals surface area contributed by atoms with E-state index in [9.17, 15) is 9.90 Å². The highest BCUT2D eigenvalue weighted by Crippen LogP contribution is 2.11. The van der Waals surface area contributed by atoms with Gasteiger partial charge in [0.1, 0.15) is 0 Å². The Balaban J connectivity index is 1.77. The first kappa shape index (κ1) is 16.5. The smallest absolute Gasteiger partial charge is 0.315 e. The van der Waals surface area contributed by atoms with E-state index in [0.29, 0.717) is 13.0 Å². The monoisotopic (exact) mass is 319 g/mol. The molecule has 0 aliphatic carbocycles. The molecule has 0 saturated carbocycles. The van der Waals surface area contributed by atoms with Gasteiger partial charge in [-0.15, -0.1) is 11.3 Å². The lowest BCUT2D eigenvalue weighted by molar-refractivity contribution is 0.217. The summed E-state index contributed by atoms with van der Waals surface area (Å²) in [5, 5.41) is 18.1. The molecule has 0 aliphatic rings. The number of hydrogen-bond donors (Lipinski definition) is 3. The van der Waals surface area contributed by atoms with Crippen LogP contribution in [0.25, 0.3) is 0 Å². The van der Waals surface area contributed by atoms with E-state index in [1.165, 1.54) is 0 Å². The number of aryl methyl sites for hydroxylation is 1. The molecule has 1 aromatic carbocycles. The molecule has 1 unspecified atom stereocenters. The highest BCUT2D eigenvalue weighted by atomic mass is 32.1. The van der Waals surface area contributed by atoms with E-state index in [2.05, 4.69) is 22.5 Å². The number of benzene rings is 1. The standard InChI is InChI=1S/C16H21N3O2S/c1-2-15-18-13(11-22-15)8-9-17-16(21)19-14(10-20)12-6-4-3-5-7-12/h3-7,11,14,20H,2,8-10H2,1H3,(H2,17,19,21). The Kier molecular flexibility index (Phi) is 6.36. The lowest BCUT2D eigenvalue weighted by Gasteiger charge is -2.17. The van der Waals surface area contributed by atoms with Crippen LogP contribution in [0.15, 0.2) is 35.7 Å². The minimum Gasteiger partial charge on any atom is -0.394 e. The fraction of sp³-hybridized carbons (Fsp3) is 0.375. The summed E-state index contributed by atoms with van der Waals surface area (Å²) in [5.74, 6) is 0. The topological polar surface area (TPSA) is 74.2 Å². The number of nitrogens with one attached hydrogen (secondary N) is 2. The lowest BCUT2D eigenvalue weighted by Crippen LogP contribution is -2.40. The first-order valence-electron chi connectivity index (χ1n) is 7.36. The Morgan fingerprint density at radius 1 is 1.36 bits per heavy atom. The number of aliphatic hydroxyl groups excluding tert-OH is 1. The van der Waals surface area contributed by atoms with Crippen LogP contribution in [0.1, 0.15) is 29.2 Å². The van der Waals surface area contributed by atoms with Crippen LogP contribution in [0.3, 0.4) is 0 Å². The molecular weight excluding hydrogens is 298 g/mol. The Labute approximate surface area is 134 Å². The van der Waals surface area contributed by atoms with Crippen molar-refractivity contribution in [2.24, 2.45) is 0 Å². The molecule has 1 heterocycles. The van der Waals surface area contributed by atoms with Crippen molar-refractivity contribution in [2.75, 3.05) is 13.2 Å². The van der Waals surface area contributed by atoms with E-state index >= 15 is 0 Å². The number of amides is 2. The number of urea groups is 1. The van der Waals surface area contributed by atoms with Gasteiger partial charge in [-0.3, -0.25) is 0 Å².